The van der Waals surface area contributed by atoms with Crippen molar-refractivity contribution in [1.29, 1.82) is 0 Å². The Labute approximate surface area is 150 Å². The van der Waals surface area contributed by atoms with Gasteiger partial charge in [-0.15, -0.1) is 0 Å². The number of pyridine rings is 1. The molecule has 138 valence electrons. The molecule has 0 aliphatic heterocycles. The molecule has 0 amide bonds. The molecule has 4 aromatic rings. The lowest BCUT2D eigenvalue weighted by Gasteiger charge is -2.15. The molecule has 0 spiro atoms. The first-order valence-corrected chi connectivity index (χ1v) is 8.43. The molecule has 1 aliphatic rings. The molecule has 0 unspecified atom stereocenters. The molecule has 1 aliphatic carbocycles. The van der Waals surface area contributed by atoms with E-state index in [-0.39, 0.29) is 22.8 Å². The van der Waals surface area contributed by atoms with E-state index in [0.717, 1.165) is 28.4 Å². The lowest BCUT2D eigenvalue weighted by atomic mass is 10.0. The lowest BCUT2D eigenvalue weighted by molar-refractivity contribution is -0.137. The van der Waals surface area contributed by atoms with Crippen molar-refractivity contribution < 1.29 is 17.6 Å². The van der Waals surface area contributed by atoms with Gasteiger partial charge in [-0.2, -0.15) is 23.4 Å². The van der Waals surface area contributed by atoms with Gasteiger partial charge in [-0.3, -0.25) is 5.10 Å². The van der Waals surface area contributed by atoms with E-state index in [2.05, 4.69) is 20.3 Å². The Morgan fingerprint density at radius 1 is 1.19 bits per heavy atom. The molecule has 1 aromatic carbocycles. The van der Waals surface area contributed by atoms with Gasteiger partial charge in [0.25, 0.3) is 0 Å². The number of benzene rings is 1. The molecule has 9 heteroatoms. The molecular weight excluding hydrogens is 362 g/mol. The summed E-state index contributed by atoms with van der Waals surface area (Å²) in [6.45, 7) is 1.77. The molecule has 3 aromatic heterocycles. The number of aromatic nitrogens is 5. The molecule has 1 N–H and O–H groups in total. The van der Waals surface area contributed by atoms with Gasteiger partial charge in [0.2, 0.25) is 0 Å². The average Bonchev–Trinajstić information content (AvgIpc) is 3.15. The van der Waals surface area contributed by atoms with E-state index in [1.54, 1.807) is 19.1 Å². The number of nitrogens with zero attached hydrogens (tertiary/aromatic N) is 4. The van der Waals surface area contributed by atoms with Gasteiger partial charge in [0, 0.05) is 16.9 Å². The first-order valence-electron chi connectivity index (χ1n) is 8.43. The van der Waals surface area contributed by atoms with Crippen molar-refractivity contribution in [3.8, 4) is 11.3 Å². The number of H-pyrrole nitrogens is 1. The molecule has 5 rings (SSSR count). The number of aryl methyl sites for hydroxylation is 1. The Morgan fingerprint density at radius 3 is 2.67 bits per heavy atom. The van der Waals surface area contributed by atoms with Gasteiger partial charge < -0.3 is 0 Å². The first kappa shape index (κ1) is 16.2. The lowest BCUT2D eigenvalue weighted by Crippen LogP contribution is -2.12. The van der Waals surface area contributed by atoms with E-state index in [0.29, 0.717) is 17.3 Å². The Balaban J connectivity index is 1.88. The molecule has 1 saturated carbocycles. The Kier molecular flexibility index (Phi) is 3.17. The van der Waals surface area contributed by atoms with Gasteiger partial charge >= 0.3 is 6.18 Å². The fraction of sp³-hybridized carbons (Fsp3) is 0.278. The van der Waals surface area contributed by atoms with E-state index < -0.39 is 17.6 Å². The van der Waals surface area contributed by atoms with Crippen LogP contribution in [0.3, 0.4) is 0 Å². The minimum absolute atomic E-state index is 0.0876. The summed E-state index contributed by atoms with van der Waals surface area (Å²) in [5.74, 6) is -0.563. The van der Waals surface area contributed by atoms with Crippen LogP contribution in [0.5, 0.6) is 0 Å². The Hall–Kier alpha value is -2.97. The highest BCUT2D eigenvalue weighted by Crippen LogP contribution is 2.42. The number of fused-ring (bicyclic) bond motifs is 2. The second-order valence-electron chi connectivity index (χ2n) is 6.86. The van der Waals surface area contributed by atoms with Crippen LogP contribution in [0, 0.1) is 12.7 Å². The molecule has 0 saturated heterocycles. The van der Waals surface area contributed by atoms with Gasteiger partial charge in [-0.05, 0) is 43.5 Å². The third-order valence-electron chi connectivity index (χ3n) is 4.84. The molecule has 0 atom stereocenters. The largest absolute Gasteiger partial charge is 0.418 e. The maximum Gasteiger partial charge on any atom is 0.418 e. The highest BCUT2D eigenvalue weighted by atomic mass is 19.4. The van der Waals surface area contributed by atoms with E-state index in [9.17, 15) is 17.6 Å². The van der Waals surface area contributed by atoms with Crippen LogP contribution in [0.15, 0.2) is 24.4 Å². The minimum atomic E-state index is -4.74. The van der Waals surface area contributed by atoms with Crippen molar-refractivity contribution in [2.75, 3.05) is 0 Å². The molecule has 3 heterocycles. The SMILES string of the molecule is Cc1cc(-c2c(C(F)(F)F)cc(F)c3nc(C4CC4)nn23)cc2cn[nH]c12. The van der Waals surface area contributed by atoms with Crippen LogP contribution in [0.4, 0.5) is 17.6 Å². The molecule has 27 heavy (non-hydrogen) atoms. The predicted molar refractivity (Wildman–Crippen MR) is 89.7 cm³/mol. The minimum Gasteiger partial charge on any atom is -0.278 e. The highest BCUT2D eigenvalue weighted by molar-refractivity contribution is 5.87. The number of halogens is 4. The van der Waals surface area contributed by atoms with Crippen LogP contribution in [0.2, 0.25) is 0 Å². The fourth-order valence-corrected chi connectivity index (χ4v) is 3.39. The van der Waals surface area contributed by atoms with Gasteiger partial charge in [0.15, 0.2) is 17.3 Å². The summed E-state index contributed by atoms with van der Waals surface area (Å²) in [7, 11) is 0. The third-order valence-corrected chi connectivity index (χ3v) is 4.84. The summed E-state index contributed by atoms with van der Waals surface area (Å²) >= 11 is 0. The van der Waals surface area contributed by atoms with Gasteiger partial charge in [-0.25, -0.2) is 13.9 Å². The summed E-state index contributed by atoms with van der Waals surface area (Å²) in [5.41, 5.74) is 0.262. The molecule has 0 bridgehead atoms. The average molecular weight is 375 g/mol. The maximum atomic E-state index is 14.4. The number of aromatic amines is 1. The standard InChI is InChI=1S/C18H13F4N5/c1-8-4-10(5-11-7-23-25-14(8)11)15-12(18(20,21)22)6-13(19)17-24-16(9-2-3-9)26-27(15)17/h4-7,9H,2-3H2,1H3,(H,23,25). The van der Waals surface area contributed by atoms with E-state index in [1.165, 1.54) is 6.20 Å². The van der Waals surface area contributed by atoms with E-state index in [4.69, 9.17) is 0 Å². The number of hydrogen-bond acceptors (Lipinski definition) is 3. The summed E-state index contributed by atoms with van der Waals surface area (Å²) in [4.78, 5) is 4.15. The van der Waals surface area contributed by atoms with Gasteiger partial charge in [0.1, 0.15) is 0 Å². The van der Waals surface area contributed by atoms with Gasteiger partial charge in [0.05, 0.1) is 23.0 Å². The summed E-state index contributed by atoms with van der Waals surface area (Å²) in [6, 6.07) is 3.71. The van der Waals surface area contributed by atoms with Crippen molar-refractivity contribution in [3.63, 3.8) is 0 Å². The number of hydrogen-bond donors (Lipinski definition) is 1. The second kappa shape index (κ2) is 5.28. The number of rotatable bonds is 2. The predicted octanol–water partition coefficient (Wildman–Crippen LogP) is 4.62. The Morgan fingerprint density at radius 2 is 1.96 bits per heavy atom. The zero-order valence-corrected chi connectivity index (χ0v) is 14.1. The summed E-state index contributed by atoms with van der Waals surface area (Å²) in [5, 5.41) is 11.6. The van der Waals surface area contributed by atoms with E-state index >= 15 is 0 Å². The number of nitrogens with one attached hydrogen (secondary N) is 1. The molecule has 5 nitrogen and oxygen atoms in total. The molecular formula is C18H13F4N5. The first-order chi connectivity index (χ1) is 12.8. The maximum absolute atomic E-state index is 14.4. The van der Waals surface area contributed by atoms with Crippen LogP contribution in [0.25, 0.3) is 27.8 Å². The van der Waals surface area contributed by atoms with Crippen molar-refractivity contribution in [2.24, 2.45) is 0 Å². The summed E-state index contributed by atoms with van der Waals surface area (Å²) < 4.78 is 56.6. The van der Waals surface area contributed by atoms with Crippen LogP contribution in [-0.2, 0) is 6.18 Å². The molecule has 1 fully saturated rings. The zero-order valence-electron chi connectivity index (χ0n) is 14.1. The van der Waals surface area contributed by atoms with Crippen LogP contribution >= 0.6 is 0 Å². The quantitative estimate of drug-likeness (QED) is 0.520. The van der Waals surface area contributed by atoms with Gasteiger partial charge in [-0.1, -0.05) is 0 Å². The van der Waals surface area contributed by atoms with Crippen molar-refractivity contribution in [3.05, 3.63) is 47.2 Å². The monoisotopic (exact) mass is 375 g/mol. The van der Waals surface area contributed by atoms with E-state index in [1.807, 2.05) is 0 Å². The molecule has 0 radical (unpaired) electrons. The zero-order chi connectivity index (χ0) is 18.9. The topological polar surface area (TPSA) is 58.9 Å². The fourth-order valence-electron chi connectivity index (χ4n) is 3.39. The number of alkyl halides is 3. The van der Waals surface area contributed by atoms with Crippen molar-refractivity contribution in [2.45, 2.75) is 31.9 Å². The second-order valence-corrected chi connectivity index (χ2v) is 6.86. The van der Waals surface area contributed by atoms with Crippen LogP contribution < -0.4 is 0 Å². The summed E-state index contributed by atoms with van der Waals surface area (Å²) in [6.07, 6.45) is -1.48. The van der Waals surface area contributed by atoms with Crippen LogP contribution in [-0.4, -0.2) is 24.8 Å². The Bertz CT molecular complexity index is 1200. The van der Waals surface area contributed by atoms with Crippen molar-refractivity contribution >= 4 is 16.6 Å². The van der Waals surface area contributed by atoms with Crippen LogP contribution in [0.1, 0.15) is 35.7 Å². The third kappa shape index (κ3) is 2.48. The normalized spacial score (nSPS) is 15.1. The van der Waals surface area contributed by atoms with Crippen molar-refractivity contribution in [1.82, 2.24) is 24.8 Å². The highest BCUT2D eigenvalue weighted by Gasteiger charge is 2.38. The smallest absolute Gasteiger partial charge is 0.278 e.